The summed E-state index contributed by atoms with van der Waals surface area (Å²) in [6.07, 6.45) is 0. The number of aryl methyl sites for hydroxylation is 2. The largest absolute Gasteiger partial charge is 0.479 e. The highest BCUT2D eigenvalue weighted by Crippen LogP contribution is 2.13. The predicted molar refractivity (Wildman–Crippen MR) is 55.6 cm³/mol. The van der Waals surface area contributed by atoms with E-state index in [1.165, 1.54) is 0 Å². The molecule has 2 heterocycles. The molecule has 0 bridgehead atoms. The van der Waals surface area contributed by atoms with Crippen molar-refractivity contribution in [3.63, 3.8) is 0 Å². The SMILES string of the molecule is Cc1cc(C)n2nc(OCC(=O)O)cc2n1. The molecule has 1 N–H and O–H groups in total. The molecule has 0 atom stereocenters. The van der Waals surface area contributed by atoms with Crippen LogP contribution in [0.3, 0.4) is 0 Å². The number of hydrogen-bond acceptors (Lipinski definition) is 4. The van der Waals surface area contributed by atoms with Crippen LogP contribution in [0.1, 0.15) is 11.4 Å². The van der Waals surface area contributed by atoms with Gasteiger partial charge >= 0.3 is 5.97 Å². The number of hydrogen-bond donors (Lipinski definition) is 1. The van der Waals surface area contributed by atoms with Gasteiger partial charge in [0.25, 0.3) is 0 Å². The van der Waals surface area contributed by atoms with Crippen molar-refractivity contribution in [2.75, 3.05) is 6.61 Å². The summed E-state index contributed by atoms with van der Waals surface area (Å²) >= 11 is 0. The van der Waals surface area contributed by atoms with Crippen molar-refractivity contribution in [2.24, 2.45) is 0 Å². The van der Waals surface area contributed by atoms with Crippen LogP contribution in [0.15, 0.2) is 12.1 Å². The Balaban J connectivity index is 2.36. The van der Waals surface area contributed by atoms with E-state index in [0.717, 1.165) is 11.4 Å². The number of aromatic nitrogens is 3. The Bertz CT molecular complexity index is 547. The van der Waals surface area contributed by atoms with Gasteiger partial charge in [0.2, 0.25) is 5.88 Å². The van der Waals surface area contributed by atoms with Crippen LogP contribution in [0.4, 0.5) is 0 Å². The van der Waals surface area contributed by atoms with Gasteiger partial charge in [0.1, 0.15) is 0 Å². The Morgan fingerprint density at radius 3 is 2.94 bits per heavy atom. The van der Waals surface area contributed by atoms with Crippen molar-refractivity contribution in [3.8, 4) is 5.88 Å². The molecular formula is C10H11N3O3. The molecule has 0 saturated heterocycles. The molecule has 0 saturated carbocycles. The maximum atomic E-state index is 10.3. The molecule has 2 aromatic heterocycles. The van der Waals surface area contributed by atoms with Gasteiger partial charge in [-0.05, 0) is 19.9 Å². The lowest BCUT2D eigenvalue weighted by Crippen LogP contribution is -2.09. The minimum absolute atomic E-state index is 0.267. The highest BCUT2D eigenvalue weighted by atomic mass is 16.5. The van der Waals surface area contributed by atoms with Gasteiger partial charge in [0, 0.05) is 17.5 Å². The molecule has 6 nitrogen and oxygen atoms in total. The third-order valence-electron chi connectivity index (χ3n) is 2.05. The average molecular weight is 221 g/mol. The van der Waals surface area contributed by atoms with Crippen molar-refractivity contribution in [3.05, 3.63) is 23.5 Å². The Hall–Kier alpha value is -2.11. The van der Waals surface area contributed by atoms with Crippen molar-refractivity contribution in [1.82, 2.24) is 14.6 Å². The Morgan fingerprint density at radius 2 is 2.25 bits per heavy atom. The number of carboxylic acids is 1. The van der Waals surface area contributed by atoms with E-state index >= 15 is 0 Å². The first kappa shape index (κ1) is 10.4. The molecule has 0 aromatic carbocycles. The van der Waals surface area contributed by atoms with Gasteiger partial charge in [-0.1, -0.05) is 0 Å². The van der Waals surface area contributed by atoms with Crippen LogP contribution < -0.4 is 4.74 Å². The molecule has 0 aliphatic rings. The summed E-state index contributed by atoms with van der Waals surface area (Å²) in [5.74, 6) is -0.762. The van der Waals surface area contributed by atoms with Crippen LogP contribution in [-0.2, 0) is 4.79 Å². The van der Waals surface area contributed by atoms with Gasteiger partial charge in [0.05, 0.1) is 0 Å². The summed E-state index contributed by atoms with van der Waals surface area (Å²) in [6.45, 7) is 3.38. The first-order valence-corrected chi connectivity index (χ1v) is 4.75. The predicted octanol–water partition coefficient (Wildman–Crippen LogP) is 0.810. The molecule has 0 unspecified atom stereocenters. The quantitative estimate of drug-likeness (QED) is 0.829. The molecule has 16 heavy (non-hydrogen) atoms. The van der Waals surface area contributed by atoms with Crippen LogP contribution >= 0.6 is 0 Å². The molecule has 0 amide bonds. The average Bonchev–Trinajstić information content (AvgIpc) is 2.57. The van der Waals surface area contributed by atoms with Crippen molar-refractivity contribution < 1.29 is 14.6 Å². The van der Waals surface area contributed by atoms with Crippen LogP contribution in [0.2, 0.25) is 0 Å². The van der Waals surface area contributed by atoms with E-state index in [9.17, 15) is 4.79 Å². The molecule has 0 aliphatic carbocycles. The Kier molecular flexibility index (Phi) is 2.47. The Morgan fingerprint density at radius 1 is 1.50 bits per heavy atom. The zero-order valence-corrected chi connectivity index (χ0v) is 8.97. The molecule has 2 aromatic rings. The second kappa shape index (κ2) is 3.80. The molecule has 0 spiro atoms. The number of rotatable bonds is 3. The van der Waals surface area contributed by atoms with Gasteiger partial charge in [0.15, 0.2) is 12.3 Å². The van der Waals surface area contributed by atoms with E-state index in [1.807, 2.05) is 19.9 Å². The number of carboxylic acid groups (broad SMARTS) is 1. The second-order valence-electron chi connectivity index (χ2n) is 3.47. The van der Waals surface area contributed by atoms with Gasteiger partial charge in [-0.3, -0.25) is 0 Å². The van der Waals surface area contributed by atoms with E-state index in [2.05, 4.69) is 10.1 Å². The molecule has 84 valence electrons. The zero-order chi connectivity index (χ0) is 11.7. The number of carbonyl (C=O) groups is 1. The molecule has 6 heteroatoms. The lowest BCUT2D eigenvalue weighted by Gasteiger charge is -1.99. The topological polar surface area (TPSA) is 76.7 Å². The summed E-state index contributed by atoms with van der Waals surface area (Å²) in [5, 5.41) is 12.6. The number of ether oxygens (including phenoxy) is 1. The first-order chi connectivity index (χ1) is 7.56. The summed E-state index contributed by atoms with van der Waals surface area (Å²) in [7, 11) is 0. The Labute approximate surface area is 91.5 Å². The van der Waals surface area contributed by atoms with Gasteiger partial charge in [-0.15, -0.1) is 5.10 Å². The summed E-state index contributed by atoms with van der Waals surface area (Å²) < 4.78 is 6.59. The standard InChI is InChI=1S/C10H11N3O3/c1-6-3-7(2)13-8(11-6)4-9(12-13)16-5-10(14)15/h3-4H,5H2,1-2H3,(H,14,15). The number of aliphatic carboxylic acids is 1. The fourth-order valence-electron chi connectivity index (χ4n) is 1.47. The summed E-state index contributed by atoms with van der Waals surface area (Å²) in [5.41, 5.74) is 2.46. The third kappa shape index (κ3) is 1.95. The monoisotopic (exact) mass is 221 g/mol. The fraction of sp³-hybridized carbons (Fsp3) is 0.300. The van der Waals surface area contributed by atoms with Crippen LogP contribution in [-0.4, -0.2) is 32.3 Å². The molecule has 0 fully saturated rings. The van der Waals surface area contributed by atoms with E-state index < -0.39 is 12.6 Å². The minimum atomic E-state index is -1.03. The van der Waals surface area contributed by atoms with Gasteiger partial charge in [-0.25, -0.2) is 14.3 Å². The lowest BCUT2D eigenvalue weighted by molar-refractivity contribution is -0.139. The van der Waals surface area contributed by atoms with Gasteiger partial charge in [-0.2, -0.15) is 0 Å². The van der Waals surface area contributed by atoms with Crippen molar-refractivity contribution >= 4 is 11.6 Å². The van der Waals surface area contributed by atoms with Crippen LogP contribution in [0.5, 0.6) is 5.88 Å². The number of nitrogens with zero attached hydrogens (tertiary/aromatic N) is 3. The minimum Gasteiger partial charge on any atom is -0.479 e. The number of fused-ring (bicyclic) bond motifs is 1. The third-order valence-corrected chi connectivity index (χ3v) is 2.05. The van der Waals surface area contributed by atoms with E-state index in [4.69, 9.17) is 9.84 Å². The lowest BCUT2D eigenvalue weighted by atomic mass is 10.3. The maximum Gasteiger partial charge on any atom is 0.341 e. The smallest absolute Gasteiger partial charge is 0.341 e. The van der Waals surface area contributed by atoms with Crippen LogP contribution in [0, 0.1) is 13.8 Å². The van der Waals surface area contributed by atoms with Gasteiger partial charge < -0.3 is 9.84 Å². The first-order valence-electron chi connectivity index (χ1n) is 4.75. The zero-order valence-electron chi connectivity index (χ0n) is 8.97. The van der Waals surface area contributed by atoms with E-state index in [0.29, 0.717) is 5.65 Å². The molecular weight excluding hydrogens is 210 g/mol. The highest BCUT2D eigenvalue weighted by molar-refractivity contribution is 5.68. The molecule has 0 radical (unpaired) electrons. The highest BCUT2D eigenvalue weighted by Gasteiger charge is 2.07. The van der Waals surface area contributed by atoms with E-state index in [1.54, 1.807) is 10.6 Å². The van der Waals surface area contributed by atoms with Crippen molar-refractivity contribution in [1.29, 1.82) is 0 Å². The maximum absolute atomic E-state index is 10.3. The van der Waals surface area contributed by atoms with E-state index in [-0.39, 0.29) is 5.88 Å². The fourth-order valence-corrected chi connectivity index (χ4v) is 1.47. The van der Waals surface area contributed by atoms with Crippen molar-refractivity contribution in [2.45, 2.75) is 13.8 Å². The normalized spacial score (nSPS) is 10.6. The second-order valence-corrected chi connectivity index (χ2v) is 3.47. The molecule has 0 aliphatic heterocycles. The molecule has 2 rings (SSSR count). The summed E-state index contributed by atoms with van der Waals surface area (Å²) in [6, 6.07) is 3.50. The van der Waals surface area contributed by atoms with Crippen LogP contribution in [0.25, 0.3) is 5.65 Å². The summed E-state index contributed by atoms with van der Waals surface area (Å²) in [4.78, 5) is 14.6.